The number of hydrogen-bond donors (Lipinski definition) is 13. The van der Waals surface area contributed by atoms with Crippen LogP contribution in [0, 0.1) is 5.92 Å². The van der Waals surface area contributed by atoms with E-state index in [4.69, 9.17) is 16.2 Å². The summed E-state index contributed by atoms with van der Waals surface area (Å²) in [5, 5.41) is 47.9. The van der Waals surface area contributed by atoms with Crippen LogP contribution in [0.5, 0.6) is 11.5 Å². The summed E-state index contributed by atoms with van der Waals surface area (Å²) in [5.74, 6) is -8.22. The first-order valence-corrected chi connectivity index (χ1v) is 21.7. The van der Waals surface area contributed by atoms with Gasteiger partial charge in [-0.3, -0.25) is 43.3 Å². The molecule has 25 heteroatoms. The van der Waals surface area contributed by atoms with Crippen molar-refractivity contribution in [3.8, 4) is 11.5 Å². The lowest BCUT2D eigenvalue weighted by atomic mass is 9.99. The molecule has 7 amide bonds. The van der Waals surface area contributed by atoms with Crippen LogP contribution in [0.3, 0.4) is 0 Å². The summed E-state index contributed by atoms with van der Waals surface area (Å²) in [6.45, 7) is 6.20. The normalized spacial score (nSPS) is 16.5. The van der Waals surface area contributed by atoms with Crippen LogP contribution in [-0.2, 0) is 55.9 Å². The summed E-state index contributed by atoms with van der Waals surface area (Å²) in [6, 6.07) is -5.31. The second-order valence-corrected chi connectivity index (χ2v) is 16.4. The lowest BCUT2D eigenvalue weighted by Gasteiger charge is -2.31. The molecule has 1 aliphatic heterocycles. The summed E-state index contributed by atoms with van der Waals surface area (Å²) in [7, 11) is 2.83. The predicted octanol–water partition coefficient (Wildman–Crippen LogP) is -3.43. The van der Waals surface area contributed by atoms with E-state index in [2.05, 4.69) is 52.2 Å². The molecule has 25 nitrogen and oxygen atoms in total. The highest BCUT2D eigenvalue weighted by atomic mass is 16.5. The molecule has 0 aliphatic carbocycles. The van der Waals surface area contributed by atoms with Crippen molar-refractivity contribution in [2.45, 2.75) is 115 Å². The molecule has 2 heterocycles. The number of carboxylic acids is 1. The van der Waals surface area contributed by atoms with Crippen molar-refractivity contribution in [3.05, 3.63) is 42.0 Å². The average Bonchev–Trinajstić information content (AvgIpc) is 3.99. The topological polar surface area (TPSA) is 387 Å². The van der Waals surface area contributed by atoms with Crippen LogP contribution in [0.4, 0.5) is 0 Å². The van der Waals surface area contributed by atoms with Crippen LogP contribution < -0.4 is 48.7 Å². The van der Waals surface area contributed by atoms with E-state index in [0.29, 0.717) is 12.1 Å². The number of likely N-dealkylation sites (N-methyl/N-ethyl adjacent to an activating group) is 1. The number of nitrogens with zero attached hydrogens (tertiary/aromatic N) is 3. The molecule has 3 rings (SSSR count). The Bertz CT molecular complexity index is 2060. The van der Waals surface area contributed by atoms with Crippen molar-refractivity contribution < 1.29 is 58.4 Å². The molecule has 2 aromatic rings. The number of ether oxygens (including phenoxy) is 1. The number of carbonyl (C=O) groups is 8. The number of aromatic amines is 1. The summed E-state index contributed by atoms with van der Waals surface area (Å²) in [4.78, 5) is 120. The Labute approximate surface area is 387 Å². The van der Waals surface area contributed by atoms with Gasteiger partial charge in [-0.15, -0.1) is 0 Å². The molecular formula is C42H65N13O12. The lowest BCUT2D eigenvalue weighted by Crippen LogP contribution is -2.62. The van der Waals surface area contributed by atoms with Crippen LogP contribution in [0.15, 0.2) is 35.7 Å². The van der Waals surface area contributed by atoms with E-state index in [1.807, 2.05) is 0 Å². The number of H-pyrrole nitrogens is 1. The minimum Gasteiger partial charge on any atom is -0.504 e. The zero-order valence-corrected chi connectivity index (χ0v) is 38.5. The molecule has 1 aromatic heterocycles. The SMILES string of the molecule is CNCC(=O)N[C@@H](CCCN=C(N)N)C(=O)N[C@H](C(=O)N[C@@H](Cc1ccc(O)c(O)c1)C(=O)N[C@H](C(=O)N[C@@H](Cc1cnc[nH]1)C(=O)N1CCC[C@H]1C(=O)N[C@@H](C)C(=O)O)[C@@H](C)OC)C(C)C. The number of aromatic hydroxyl groups is 2. The number of nitrogens with one attached hydrogen (secondary N) is 8. The van der Waals surface area contributed by atoms with Crippen molar-refractivity contribution in [2.24, 2.45) is 22.4 Å². The number of aliphatic imine (C=N–C) groups is 1. The van der Waals surface area contributed by atoms with Crippen molar-refractivity contribution in [1.82, 2.24) is 52.1 Å². The molecule has 1 saturated heterocycles. The fourth-order valence-corrected chi connectivity index (χ4v) is 7.11. The first kappa shape index (κ1) is 54.3. The number of guanidine groups is 1. The van der Waals surface area contributed by atoms with E-state index in [1.54, 1.807) is 20.9 Å². The number of aromatic nitrogens is 2. The number of aliphatic carboxylic acids is 1. The highest BCUT2D eigenvalue weighted by molar-refractivity contribution is 5.98. The van der Waals surface area contributed by atoms with Gasteiger partial charge in [-0.05, 0) is 70.2 Å². The molecule has 8 atom stereocenters. The number of phenolic OH excluding ortho intramolecular Hbond substituents is 2. The number of hydrogen-bond acceptors (Lipinski definition) is 14. The van der Waals surface area contributed by atoms with Gasteiger partial charge in [0.05, 0.1) is 19.0 Å². The number of methoxy groups -OCH3 is 1. The molecule has 67 heavy (non-hydrogen) atoms. The minimum absolute atomic E-state index is 0.0926. The third kappa shape index (κ3) is 16.7. The van der Waals surface area contributed by atoms with E-state index >= 15 is 0 Å². The highest BCUT2D eigenvalue weighted by Crippen LogP contribution is 2.26. The Morgan fingerprint density at radius 1 is 0.866 bits per heavy atom. The Morgan fingerprint density at radius 2 is 1.52 bits per heavy atom. The van der Waals surface area contributed by atoms with Gasteiger partial charge >= 0.3 is 5.97 Å². The number of carboxylic acid groups (broad SMARTS) is 1. The maximum absolute atomic E-state index is 14.4. The average molecular weight is 944 g/mol. The summed E-state index contributed by atoms with van der Waals surface area (Å²) < 4.78 is 5.48. The van der Waals surface area contributed by atoms with Gasteiger partial charge in [0.1, 0.15) is 42.3 Å². The van der Waals surface area contributed by atoms with E-state index in [-0.39, 0.29) is 63.3 Å². The van der Waals surface area contributed by atoms with Gasteiger partial charge in [0, 0.05) is 44.9 Å². The Morgan fingerprint density at radius 3 is 2.12 bits per heavy atom. The third-order valence-corrected chi connectivity index (χ3v) is 10.9. The Kier molecular flexibility index (Phi) is 21.2. The predicted molar refractivity (Wildman–Crippen MR) is 241 cm³/mol. The number of benzene rings is 1. The standard InChI is InChI=1S/C42H65N13O12/c1-21(2)33(53-35(59)26(50-32(58)19-45-5)9-7-13-47-42(43)44)38(62)51-27(15-24-11-12-30(56)31(57)16-24)36(60)54-34(23(4)67-6)39(63)52-28(17-25-18-46-20-48-25)40(64)55-14-8-10-29(55)37(61)49-22(3)41(65)66/h11-12,16,18,20-23,26-29,33-34,45,56-57H,7-10,13-15,17,19H2,1-6H3,(H,46,48)(H,49,61)(H,50,58)(H,51,62)(H,52,63)(H,53,59)(H,54,60)(H,65,66)(H4,43,44,47)/t22-,23+,26-,27-,28-,29-,33-,34-/m0/s1. The molecule has 1 aliphatic rings. The molecule has 1 fully saturated rings. The van der Waals surface area contributed by atoms with Crippen molar-refractivity contribution in [3.63, 3.8) is 0 Å². The summed E-state index contributed by atoms with van der Waals surface area (Å²) >= 11 is 0. The molecule has 15 N–H and O–H groups in total. The first-order chi connectivity index (χ1) is 31.7. The highest BCUT2D eigenvalue weighted by Gasteiger charge is 2.41. The number of carbonyl (C=O) groups excluding carboxylic acids is 7. The monoisotopic (exact) mass is 943 g/mol. The summed E-state index contributed by atoms with van der Waals surface area (Å²) in [5.41, 5.74) is 11.5. The molecule has 0 saturated carbocycles. The van der Waals surface area contributed by atoms with Crippen LogP contribution in [0.2, 0.25) is 0 Å². The molecule has 1 aromatic carbocycles. The smallest absolute Gasteiger partial charge is 0.325 e. The van der Waals surface area contributed by atoms with E-state index in [9.17, 15) is 53.7 Å². The fourth-order valence-electron chi connectivity index (χ4n) is 7.11. The van der Waals surface area contributed by atoms with Crippen LogP contribution >= 0.6 is 0 Å². The fraction of sp³-hybridized carbons (Fsp3) is 0.571. The number of phenols is 2. The maximum atomic E-state index is 14.4. The third-order valence-electron chi connectivity index (χ3n) is 10.9. The second-order valence-electron chi connectivity index (χ2n) is 16.4. The summed E-state index contributed by atoms with van der Waals surface area (Å²) in [6.07, 6.45) is 2.31. The molecule has 0 radical (unpaired) electrons. The number of imidazole rings is 1. The van der Waals surface area contributed by atoms with Crippen LogP contribution in [0.25, 0.3) is 0 Å². The van der Waals surface area contributed by atoms with Gasteiger partial charge < -0.3 is 78.6 Å². The van der Waals surface area contributed by atoms with Gasteiger partial charge in [0.25, 0.3) is 0 Å². The van der Waals surface area contributed by atoms with Gasteiger partial charge in [-0.25, -0.2) is 4.98 Å². The Balaban J connectivity index is 1.94. The molecular weight excluding hydrogens is 879 g/mol. The van der Waals surface area contributed by atoms with E-state index in [1.165, 1.54) is 56.6 Å². The number of likely N-dealkylation sites (tertiary alicyclic amines) is 1. The molecule has 0 spiro atoms. The first-order valence-electron chi connectivity index (χ1n) is 21.7. The number of rotatable bonds is 26. The Hall–Kier alpha value is -7.02. The zero-order chi connectivity index (χ0) is 50.0. The molecule has 0 bridgehead atoms. The lowest BCUT2D eigenvalue weighted by molar-refractivity contribution is -0.145. The van der Waals surface area contributed by atoms with Gasteiger partial charge in [0.15, 0.2) is 17.5 Å². The maximum Gasteiger partial charge on any atom is 0.325 e. The van der Waals surface area contributed by atoms with Gasteiger partial charge in [0.2, 0.25) is 41.4 Å². The number of nitrogens with two attached hydrogens (primary N) is 2. The van der Waals surface area contributed by atoms with Crippen LogP contribution in [-0.4, -0.2) is 166 Å². The van der Waals surface area contributed by atoms with Crippen molar-refractivity contribution in [1.29, 1.82) is 0 Å². The van der Waals surface area contributed by atoms with E-state index in [0.717, 1.165) is 0 Å². The molecule has 0 unspecified atom stereocenters. The van der Waals surface area contributed by atoms with E-state index < -0.39 is 113 Å². The number of amides is 7. The van der Waals surface area contributed by atoms with Gasteiger partial charge in [-0.2, -0.15) is 0 Å². The largest absolute Gasteiger partial charge is 0.504 e. The van der Waals surface area contributed by atoms with Crippen molar-refractivity contribution in [2.75, 3.05) is 33.8 Å². The van der Waals surface area contributed by atoms with Crippen molar-refractivity contribution >= 4 is 53.3 Å². The van der Waals surface area contributed by atoms with Gasteiger partial charge in [-0.1, -0.05) is 19.9 Å². The quantitative estimate of drug-likeness (QED) is 0.0189. The minimum atomic E-state index is -1.53. The molecule has 370 valence electrons. The second kappa shape index (κ2) is 26.2. The zero-order valence-electron chi connectivity index (χ0n) is 38.5. The van der Waals surface area contributed by atoms with Crippen LogP contribution in [0.1, 0.15) is 64.6 Å².